The summed E-state index contributed by atoms with van der Waals surface area (Å²) >= 11 is 0. The van der Waals surface area contributed by atoms with E-state index in [-0.39, 0.29) is 5.97 Å². The Balaban J connectivity index is 2.56. The molecule has 0 saturated heterocycles. The number of hydrogen-bond donors (Lipinski definition) is 0. The molecule has 0 aromatic heterocycles. The maximum absolute atomic E-state index is 11.1. The van der Waals surface area contributed by atoms with Gasteiger partial charge in [-0.05, 0) is 49.1 Å². The number of rotatable bonds is 6. The van der Waals surface area contributed by atoms with Gasteiger partial charge in [0.25, 0.3) is 0 Å². The van der Waals surface area contributed by atoms with Crippen molar-refractivity contribution >= 4 is 5.97 Å². The maximum Gasteiger partial charge on any atom is 0.330 e. The van der Waals surface area contributed by atoms with E-state index in [1.165, 1.54) is 17.2 Å². The molecule has 0 heterocycles. The molecule has 1 rings (SSSR count). The topological polar surface area (TPSA) is 35.5 Å². The lowest BCUT2D eigenvalue weighted by Crippen LogP contribution is -2.01. The van der Waals surface area contributed by atoms with Gasteiger partial charge in [-0.15, -0.1) is 0 Å². The Morgan fingerprint density at radius 1 is 1.32 bits per heavy atom. The SMILES string of the molecule is CCOC(=O)/C=C/COc1cc(C)cc(C(C)C)c1. The molecule has 1 aromatic carbocycles. The molecule has 0 amide bonds. The molecule has 0 radical (unpaired) electrons. The highest BCUT2D eigenvalue weighted by Gasteiger charge is 2.03. The fourth-order valence-corrected chi connectivity index (χ4v) is 1.67. The van der Waals surface area contributed by atoms with Crippen LogP contribution >= 0.6 is 0 Å². The first kappa shape index (κ1) is 15.3. The second kappa shape index (κ2) is 7.62. The molecule has 0 bridgehead atoms. The normalized spacial score (nSPS) is 11.0. The Morgan fingerprint density at radius 3 is 2.68 bits per heavy atom. The molecule has 0 fully saturated rings. The van der Waals surface area contributed by atoms with Gasteiger partial charge in [-0.2, -0.15) is 0 Å². The van der Waals surface area contributed by atoms with E-state index >= 15 is 0 Å². The minimum atomic E-state index is -0.335. The lowest BCUT2D eigenvalue weighted by molar-refractivity contribution is -0.137. The highest BCUT2D eigenvalue weighted by atomic mass is 16.5. The Kier molecular flexibility index (Phi) is 6.13. The van der Waals surface area contributed by atoms with E-state index in [1.807, 2.05) is 19.1 Å². The summed E-state index contributed by atoms with van der Waals surface area (Å²) < 4.78 is 10.4. The minimum Gasteiger partial charge on any atom is -0.490 e. The molecule has 0 saturated carbocycles. The number of aryl methyl sites for hydroxylation is 1. The van der Waals surface area contributed by atoms with Crippen LogP contribution in [0.4, 0.5) is 0 Å². The van der Waals surface area contributed by atoms with Crippen molar-refractivity contribution in [2.75, 3.05) is 13.2 Å². The van der Waals surface area contributed by atoms with Gasteiger partial charge in [-0.25, -0.2) is 4.79 Å². The molecule has 0 atom stereocenters. The Labute approximate surface area is 115 Å². The van der Waals surface area contributed by atoms with Gasteiger partial charge in [0.2, 0.25) is 0 Å². The van der Waals surface area contributed by atoms with Gasteiger partial charge in [-0.1, -0.05) is 19.9 Å². The minimum absolute atomic E-state index is 0.335. The number of esters is 1. The third-order valence-corrected chi connectivity index (χ3v) is 2.63. The molecule has 0 N–H and O–H groups in total. The van der Waals surface area contributed by atoms with Crippen LogP contribution in [0.1, 0.15) is 37.8 Å². The molecule has 0 aliphatic carbocycles. The smallest absolute Gasteiger partial charge is 0.330 e. The third kappa shape index (κ3) is 5.60. The molecule has 104 valence electrons. The second-order valence-electron chi connectivity index (χ2n) is 4.70. The van der Waals surface area contributed by atoms with Crippen LogP contribution in [-0.4, -0.2) is 19.2 Å². The lowest BCUT2D eigenvalue weighted by Gasteiger charge is -2.10. The Morgan fingerprint density at radius 2 is 2.05 bits per heavy atom. The summed E-state index contributed by atoms with van der Waals surface area (Å²) in [7, 11) is 0. The fraction of sp³-hybridized carbons (Fsp3) is 0.438. The number of hydrogen-bond acceptors (Lipinski definition) is 3. The largest absolute Gasteiger partial charge is 0.490 e. The average Bonchev–Trinajstić information content (AvgIpc) is 2.34. The number of benzene rings is 1. The Hall–Kier alpha value is -1.77. The van der Waals surface area contributed by atoms with Crippen LogP contribution in [0, 0.1) is 6.92 Å². The van der Waals surface area contributed by atoms with E-state index in [9.17, 15) is 4.79 Å². The molecular formula is C16H22O3. The summed E-state index contributed by atoms with van der Waals surface area (Å²) in [6, 6.07) is 6.19. The maximum atomic E-state index is 11.1. The highest BCUT2D eigenvalue weighted by Crippen LogP contribution is 2.22. The first-order valence-electron chi connectivity index (χ1n) is 6.60. The van der Waals surface area contributed by atoms with Crippen LogP contribution in [0.3, 0.4) is 0 Å². The summed E-state index contributed by atoms with van der Waals surface area (Å²) in [6.07, 6.45) is 3.05. The van der Waals surface area contributed by atoms with Crippen molar-refractivity contribution in [3.63, 3.8) is 0 Å². The van der Waals surface area contributed by atoms with E-state index in [1.54, 1.807) is 13.0 Å². The molecule has 0 aliphatic rings. The molecular weight excluding hydrogens is 240 g/mol. The van der Waals surface area contributed by atoms with Crippen LogP contribution in [0.25, 0.3) is 0 Å². The van der Waals surface area contributed by atoms with Crippen LogP contribution in [0.5, 0.6) is 5.75 Å². The van der Waals surface area contributed by atoms with Crippen molar-refractivity contribution in [2.45, 2.75) is 33.6 Å². The van der Waals surface area contributed by atoms with Crippen molar-refractivity contribution < 1.29 is 14.3 Å². The first-order valence-corrected chi connectivity index (χ1v) is 6.60. The highest BCUT2D eigenvalue weighted by molar-refractivity contribution is 5.81. The van der Waals surface area contributed by atoms with E-state index < -0.39 is 0 Å². The second-order valence-corrected chi connectivity index (χ2v) is 4.70. The molecule has 19 heavy (non-hydrogen) atoms. The van der Waals surface area contributed by atoms with Gasteiger partial charge in [0, 0.05) is 6.08 Å². The van der Waals surface area contributed by atoms with Crippen molar-refractivity contribution in [3.8, 4) is 5.75 Å². The summed E-state index contributed by atoms with van der Waals surface area (Å²) in [5.74, 6) is 0.966. The summed E-state index contributed by atoms with van der Waals surface area (Å²) in [5, 5.41) is 0. The van der Waals surface area contributed by atoms with Crippen molar-refractivity contribution in [3.05, 3.63) is 41.5 Å². The third-order valence-electron chi connectivity index (χ3n) is 2.63. The van der Waals surface area contributed by atoms with E-state index in [0.29, 0.717) is 19.1 Å². The van der Waals surface area contributed by atoms with Crippen molar-refractivity contribution in [2.24, 2.45) is 0 Å². The van der Waals surface area contributed by atoms with Gasteiger partial charge in [-0.3, -0.25) is 0 Å². The average molecular weight is 262 g/mol. The van der Waals surface area contributed by atoms with Crippen LogP contribution in [0.15, 0.2) is 30.4 Å². The van der Waals surface area contributed by atoms with Gasteiger partial charge >= 0.3 is 5.97 Å². The summed E-state index contributed by atoms with van der Waals surface area (Å²) in [6.45, 7) is 8.88. The Bertz CT molecular complexity index is 447. The quantitative estimate of drug-likeness (QED) is 0.580. The molecule has 0 aliphatic heterocycles. The number of ether oxygens (including phenoxy) is 2. The lowest BCUT2D eigenvalue weighted by atomic mass is 10.0. The number of carbonyl (C=O) groups is 1. The van der Waals surface area contributed by atoms with E-state index in [2.05, 4.69) is 19.9 Å². The number of carbonyl (C=O) groups excluding carboxylic acids is 1. The summed E-state index contributed by atoms with van der Waals surface area (Å²) in [4.78, 5) is 11.1. The first-order chi connectivity index (χ1) is 9.02. The van der Waals surface area contributed by atoms with E-state index in [0.717, 1.165) is 5.75 Å². The predicted octanol–water partition coefficient (Wildman–Crippen LogP) is 3.62. The van der Waals surface area contributed by atoms with Crippen LogP contribution in [0.2, 0.25) is 0 Å². The van der Waals surface area contributed by atoms with Crippen LogP contribution in [-0.2, 0) is 9.53 Å². The molecule has 3 nitrogen and oxygen atoms in total. The molecule has 1 aromatic rings. The zero-order chi connectivity index (χ0) is 14.3. The summed E-state index contributed by atoms with van der Waals surface area (Å²) in [5.41, 5.74) is 2.43. The standard InChI is InChI=1S/C16H22O3/c1-5-18-16(17)7-6-8-19-15-10-13(4)9-14(11-15)12(2)3/h6-7,9-12H,5,8H2,1-4H3/b7-6+. The molecule has 0 spiro atoms. The van der Waals surface area contributed by atoms with E-state index in [4.69, 9.17) is 9.47 Å². The van der Waals surface area contributed by atoms with Crippen molar-refractivity contribution in [1.29, 1.82) is 0 Å². The monoisotopic (exact) mass is 262 g/mol. The van der Waals surface area contributed by atoms with Gasteiger partial charge in [0.05, 0.1) is 6.61 Å². The van der Waals surface area contributed by atoms with Gasteiger partial charge in [0.15, 0.2) is 0 Å². The molecule has 3 heteroatoms. The molecule has 0 unspecified atom stereocenters. The van der Waals surface area contributed by atoms with Crippen LogP contribution < -0.4 is 4.74 Å². The zero-order valence-electron chi connectivity index (χ0n) is 12.1. The van der Waals surface area contributed by atoms with Crippen molar-refractivity contribution in [1.82, 2.24) is 0 Å². The fourth-order valence-electron chi connectivity index (χ4n) is 1.67. The van der Waals surface area contributed by atoms with Gasteiger partial charge < -0.3 is 9.47 Å². The zero-order valence-corrected chi connectivity index (χ0v) is 12.1. The van der Waals surface area contributed by atoms with Gasteiger partial charge in [0.1, 0.15) is 12.4 Å². The predicted molar refractivity (Wildman–Crippen MR) is 76.5 cm³/mol.